The van der Waals surface area contributed by atoms with E-state index >= 15 is 0 Å². The molecule has 3 aromatic heterocycles. The molecule has 1 N–H and O–H groups in total. The zero-order chi connectivity index (χ0) is 25.2. The number of pyridine rings is 1. The number of amides is 1. The minimum atomic E-state index is -4.43. The molecule has 188 valence electrons. The van der Waals surface area contributed by atoms with Crippen molar-refractivity contribution in [3.05, 3.63) is 46.1 Å². The van der Waals surface area contributed by atoms with Crippen LogP contribution in [0.5, 0.6) is 0 Å². The van der Waals surface area contributed by atoms with Crippen LogP contribution in [0.2, 0.25) is 0 Å². The number of fused-ring (bicyclic) bond motifs is 1. The van der Waals surface area contributed by atoms with E-state index in [-0.39, 0.29) is 36.4 Å². The molecule has 35 heavy (non-hydrogen) atoms. The van der Waals surface area contributed by atoms with Crippen LogP contribution >= 0.6 is 0 Å². The van der Waals surface area contributed by atoms with Gasteiger partial charge in [-0.05, 0) is 26.0 Å². The fourth-order valence-electron chi connectivity index (χ4n) is 4.11. The molecule has 1 unspecified atom stereocenters. The van der Waals surface area contributed by atoms with Crippen molar-refractivity contribution in [1.82, 2.24) is 29.9 Å². The molecule has 0 spiro atoms. The third kappa shape index (κ3) is 5.45. The van der Waals surface area contributed by atoms with E-state index in [0.29, 0.717) is 49.4 Å². The highest BCUT2D eigenvalue weighted by Gasteiger charge is 2.31. The Hall–Kier alpha value is -3.48. The number of halogens is 3. The van der Waals surface area contributed by atoms with Gasteiger partial charge in [-0.3, -0.25) is 14.3 Å². The number of anilines is 1. The number of piperazine rings is 1. The van der Waals surface area contributed by atoms with Gasteiger partial charge in [0.25, 0.3) is 5.56 Å². The number of rotatable bonds is 7. The minimum Gasteiger partial charge on any atom is -0.379 e. The maximum Gasteiger partial charge on any atom is 0.416 e. The number of H-pyrrole nitrogens is 1. The maximum absolute atomic E-state index is 13.0. The average Bonchev–Trinajstić information content (AvgIpc) is 3.19. The lowest BCUT2D eigenvalue weighted by Crippen LogP contribution is -2.49. The number of ether oxygens (including phenoxy) is 1. The lowest BCUT2D eigenvalue weighted by atomic mass is 10.2. The highest BCUT2D eigenvalue weighted by Crippen LogP contribution is 2.31. The van der Waals surface area contributed by atoms with Gasteiger partial charge in [-0.25, -0.2) is 10.1 Å². The van der Waals surface area contributed by atoms with Gasteiger partial charge in [0.05, 0.1) is 54.0 Å². The molecule has 0 radical (unpaired) electrons. The van der Waals surface area contributed by atoms with Gasteiger partial charge >= 0.3 is 6.18 Å². The Morgan fingerprint density at radius 2 is 2.00 bits per heavy atom. The molecule has 3 aromatic rings. The topological polar surface area (TPSA) is 109 Å². The molecule has 1 fully saturated rings. The molecule has 1 atom stereocenters. The van der Waals surface area contributed by atoms with Crippen LogP contribution in [0.1, 0.15) is 30.6 Å². The molecule has 0 saturated carbocycles. The predicted molar refractivity (Wildman–Crippen MR) is 121 cm³/mol. The first-order valence-corrected chi connectivity index (χ1v) is 11.2. The predicted octanol–water partition coefficient (Wildman–Crippen LogP) is 2.16. The molecule has 1 aliphatic heterocycles. The lowest BCUT2D eigenvalue weighted by molar-refractivity contribution is -0.137. The van der Waals surface area contributed by atoms with Gasteiger partial charge in [0, 0.05) is 32.4 Å². The number of aryl methyl sites for hydroxylation is 1. The zero-order valence-corrected chi connectivity index (χ0v) is 19.4. The quantitative estimate of drug-likeness (QED) is 0.503. The summed E-state index contributed by atoms with van der Waals surface area (Å²) in [5, 5.41) is 11.1. The molecule has 0 bridgehead atoms. The summed E-state index contributed by atoms with van der Waals surface area (Å²) < 4.78 is 46.2. The van der Waals surface area contributed by atoms with E-state index in [0.717, 1.165) is 18.3 Å². The van der Waals surface area contributed by atoms with E-state index in [1.165, 1.54) is 0 Å². The molecule has 4 rings (SSSR count). The smallest absolute Gasteiger partial charge is 0.379 e. The van der Waals surface area contributed by atoms with Crippen LogP contribution in [-0.4, -0.2) is 75.2 Å². The van der Waals surface area contributed by atoms with Crippen LogP contribution < -0.4 is 10.5 Å². The van der Waals surface area contributed by atoms with Crippen molar-refractivity contribution >= 4 is 22.6 Å². The third-order valence-corrected chi connectivity index (χ3v) is 5.97. The van der Waals surface area contributed by atoms with Crippen molar-refractivity contribution in [1.29, 1.82) is 0 Å². The zero-order valence-electron chi connectivity index (χ0n) is 19.4. The van der Waals surface area contributed by atoms with Gasteiger partial charge < -0.3 is 14.5 Å². The summed E-state index contributed by atoms with van der Waals surface area (Å²) in [6, 6.07) is 1.80. The van der Waals surface area contributed by atoms with E-state index < -0.39 is 11.7 Å². The van der Waals surface area contributed by atoms with Crippen LogP contribution in [0.3, 0.4) is 0 Å². The maximum atomic E-state index is 13.0. The number of hydrogen-bond donors (Lipinski definition) is 1. The summed E-state index contributed by atoms with van der Waals surface area (Å²) >= 11 is 0. The SMILES string of the molecule is Cc1nn(C(C)COCCC(=O)N2CCN(c3cc(C(F)(F)F)ccn3)CC2)c2cn[nH]c(=O)c12. The highest BCUT2D eigenvalue weighted by atomic mass is 19.4. The van der Waals surface area contributed by atoms with Gasteiger partial charge in [0.1, 0.15) is 5.82 Å². The number of carbonyl (C=O) groups is 1. The van der Waals surface area contributed by atoms with Crippen molar-refractivity contribution in [2.24, 2.45) is 0 Å². The first-order valence-electron chi connectivity index (χ1n) is 11.2. The van der Waals surface area contributed by atoms with Crippen molar-refractivity contribution in [3.63, 3.8) is 0 Å². The number of carbonyl (C=O) groups excluding carboxylic acids is 1. The van der Waals surface area contributed by atoms with Gasteiger partial charge in [-0.15, -0.1) is 0 Å². The minimum absolute atomic E-state index is 0.0783. The van der Waals surface area contributed by atoms with Crippen molar-refractivity contribution in [2.75, 3.05) is 44.3 Å². The molecule has 1 saturated heterocycles. The Balaban J connectivity index is 1.23. The molecule has 10 nitrogen and oxygen atoms in total. The van der Waals surface area contributed by atoms with E-state index in [9.17, 15) is 22.8 Å². The summed E-state index contributed by atoms with van der Waals surface area (Å²) in [4.78, 5) is 32.0. The normalized spacial score (nSPS) is 15.6. The Morgan fingerprint density at radius 1 is 1.26 bits per heavy atom. The molecular formula is C22H26F3N7O3. The number of nitrogens with zero attached hydrogens (tertiary/aromatic N) is 6. The van der Waals surface area contributed by atoms with Crippen LogP contribution in [0.15, 0.2) is 29.3 Å². The first kappa shape index (κ1) is 24.6. The van der Waals surface area contributed by atoms with Gasteiger partial charge in [-0.1, -0.05) is 0 Å². The largest absolute Gasteiger partial charge is 0.416 e. The Bertz CT molecular complexity index is 1250. The van der Waals surface area contributed by atoms with Crippen LogP contribution in [0.25, 0.3) is 10.9 Å². The monoisotopic (exact) mass is 493 g/mol. The first-order chi connectivity index (χ1) is 16.6. The van der Waals surface area contributed by atoms with Gasteiger partial charge in [0.15, 0.2) is 0 Å². The average molecular weight is 493 g/mol. The fourth-order valence-corrected chi connectivity index (χ4v) is 4.11. The summed E-state index contributed by atoms with van der Waals surface area (Å²) in [7, 11) is 0. The summed E-state index contributed by atoms with van der Waals surface area (Å²) in [5.41, 5.74) is 0.180. The van der Waals surface area contributed by atoms with Gasteiger partial charge in [-0.2, -0.15) is 23.4 Å². The number of hydrogen-bond acceptors (Lipinski definition) is 7. The second kappa shape index (κ2) is 10.0. The van der Waals surface area contributed by atoms with Crippen molar-refractivity contribution in [3.8, 4) is 0 Å². The molecular weight excluding hydrogens is 467 g/mol. The Morgan fingerprint density at radius 3 is 2.71 bits per heavy atom. The second-order valence-corrected chi connectivity index (χ2v) is 8.43. The molecule has 0 aromatic carbocycles. The van der Waals surface area contributed by atoms with Crippen molar-refractivity contribution in [2.45, 2.75) is 32.5 Å². The molecule has 0 aliphatic carbocycles. The molecule has 4 heterocycles. The lowest BCUT2D eigenvalue weighted by Gasteiger charge is -2.35. The molecule has 13 heteroatoms. The van der Waals surface area contributed by atoms with Crippen LogP contribution in [-0.2, 0) is 15.7 Å². The van der Waals surface area contributed by atoms with Crippen LogP contribution in [0, 0.1) is 6.92 Å². The summed E-state index contributed by atoms with van der Waals surface area (Å²) in [6.07, 6.45) is -1.54. The summed E-state index contributed by atoms with van der Waals surface area (Å²) in [6.45, 7) is 5.76. The van der Waals surface area contributed by atoms with E-state index in [1.807, 2.05) is 6.92 Å². The molecule has 1 amide bonds. The third-order valence-electron chi connectivity index (χ3n) is 5.97. The number of aromatic nitrogens is 5. The van der Waals surface area contributed by atoms with Crippen LogP contribution in [0.4, 0.5) is 19.0 Å². The number of aromatic amines is 1. The number of alkyl halides is 3. The molecule has 1 aliphatic rings. The second-order valence-electron chi connectivity index (χ2n) is 8.43. The standard InChI is InChI=1S/C22H26F3N7O3/c1-14(32-17-12-27-28-21(34)20(17)15(2)29-32)13-35-10-4-19(33)31-8-6-30(7-9-31)18-11-16(3-5-26-18)22(23,24)25/h3,5,11-12,14H,4,6-10,13H2,1-2H3,(H,28,34). The highest BCUT2D eigenvalue weighted by molar-refractivity contribution is 5.79. The Kier molecular flexibility index (Phi) is 7.05. The van der Waals surface area contributed by atoms with Gasteiger partial charge in [0.2, 0.25) is 5.91 Å². The fraction of sp³-hybridized carbons (Fsp3) is 0.500. The number of nitrogens with one attached hydrogen (secondary N) is 1. The van der Waals surface area contributed by atoms with E-state index in [2.05, 4.69) is 20.3 Å². The van der Waals surface area contributed by atoms with E-state index in [4.69, 9.17) is 4.74 Å². The Labute approximate surface area is 198 Å². The summed E-state index contributed by atoms with van der Waals surface area (Å²) in [5.74, 6) is 0.174. The van der Waals surface area contributed by atoms with Crippen molar-refractivity contribution < 1.29 is 22.7 Å². The van der Waals surface area contributed by atoms with E-state index in [1.54, 1.807) is 27.6 Å².